The zero-order valence-electron chi connectivity index (χ0n) is 8.80. The van der Waals surface area contributed by atoms with Crippen LogP contribution < -0.4 is 0 Å². The average Bonchev–Trinajstić information content (AvgIpc) is 2.16. The van der Waals surface area contributed by atoms with E-state index in [1.165, 1.54) is 6.42 Å². The summed E-state index contributed by atoms with van der Waals surface area (Å²) < 4.78 is 0. The van der Waals surface area contributed by atoms with E-state index in [2.05, 4.69) is 0 Å². The fourth-order valence-electron chi connectivity index (χ4n) is 2.85. The van der Waals surface area contributed by atoms with Gasteiger partial charge in [0.15, 0.2) is 0 Å². The van der Waals surface area contributed by atoms with E-state index < -0.39 is 0 Å². The summed E-state index contributed by atoms with van der Waals surface area (Å²) in [4.78, 5) is 11.3. The highest BCUT2D eigenvalue weighted by Gasteiger charge is 2.43. The summed E-state index contributed by atoms with van der Waals surface area (Å²) >= 11 is 0. The Morgan fingerprint density at radius 3 is 2.57 bits per heavy atom. The first-order valence-corrected chi connectivity index (χ1v) is 5.95. The average molecular weight is 196 g/mol. The van der Waals surface area contributed by atoms with Gasteiger partial charge in [-0.1, -0.05) is 6.42 Å². The summed E-state index contributed by atoms with van der Waals surface area (Å²) in [6.07, 6.45) is 8.62. The molecule has 0 heterocycles. The molecule has 14 heavy (non-hydrogen) atoms. The van der Waals surface area contributed by atoms with Crippen LogP contribution in [0.3, 0.4) is 0 Å². The number of ketones is 1. The molecule has 2 heteroatoms. The summed E-state index contributed by atoms with van der Waals surface area (Å²) in [6, 6.07) is 0. The number of carbonyl (C=O) groups is 1. The molecule has 2 fully saturated rings. The van der Waals surface area contributed by atoms with Crippen LogP contribution in [0.15, 0.2) is 0 Å². The molecule has 2 atom stereocenters. The van der Waals surface area contributed by atoms with Crippen LogP contribution in [0.4, 0.5) is 0 Å². The Bertz CT molecular complexity index is 224. The van der Waals surface area contributed by atoms with Crippen molar-refractivity contribution in [3.8, 4) is 0 Å². The summed E-state index contributed by atoms with van der Waals surface area (Å²) in [5, 5.41) is 10.2. The molecule has 0 aromatic carbocycles. The smallest absolute Gasteiger partial charge is 0.132 e. The van der Waals surface area contributed by atoms with Crippen molar-refractivity contribution in [1.29, 1.82) is 0 Å². The van der Waals surface area contributed by atoms with Gasteiger partial charge in [0.1, 0.15) is 5.78 Å². The fraction of sp³-hybridized carbons (Fsp3) is 0.917. The van der Waals surface area contributed by atoms with Gasteiger partial charge < -0.3 is 5.11 Å². The van der Waals surface area contributed by atoms with Crippen LogP contribution in [0.25, 0.3) is 0 Å². The normalized spacial score (nSPS) is 39.8. The quantitative estimate of drug-likeness (QED) is 0.646. The molecule has 2 nitrogen and oxygen atoms in total. The lowest BCUT2D eigenvalue weighted by Crippen LogP contribution is -2.47. The lowest BCUT2D eigenvalue weighted by atomic mass is 9.64. The van der Waals surface area contributed by atoms with Crippen molar-refractivity contribution in [1.82, 2.24) is 0 Å². The summed E-state index contributed by atoms with van der Waals surface area (Å²) in [5.41, 5.74) is -0.347. The first kappa shape index (κ1) is 10.2. The number of aliphatic hydroxyl groups is 1. The third-order valence-electron chi connectivity index (χ3n) is 4.01. The maximum absolute atomic E-state index is 11.3. The van der Waals surface area contributed by atoms with Crippen LogP contribution in [0.5, 0.6) is 0 Å². The van der Waals surface area contributed by atoms with E-state index in [-0.39, 0.29) is 5.60 Å². The van der Waals surface area contributed by atoms with E-state index in [9.17, 15) is 9.90 Å². The number of carbonyl (C=O) groups excluding carboxylic acids is 1. The van der Waals surface area contributed by atoms with Crippen molar-refractivity contribution in [2.45, 2.75) is 63.4 Å². The van der Waals surface area contributed by atoms with E-state index in [1.54, 1.807) is 0 Å². The van der Waals surface area contributed by atoms with Crippen LogP contribution in [-0.2, 0) is 4.79 Å². The van der Waals surface area contributed by atoms with Crippen LogP contribution in [0.1, 0.15) is 57.8 Å². The second-order valence-electron chi connectivity index (χ2n) is 4.98. The Hall–Kier alpha value is -0.370. The van der Waals surface area contributed by atoms with Crippen LogP contribution >= 0.6 is 0 Å². The summed E-state index contributed by atoms with van der Waals surface area (Å²) in [6.45, 7) is 0. The topological polar surface area (TPSA) is 37.3 Å². The Labute approximate surface area is 85.7 Å². The highest BCUT2D eigenvalue weighted by atomic mass is 16.3. The monoisotopic (exact) mass is 196 g/mol. The zero-order valence-corrected chi connectivity index (χ0v) is 8.80. The molecule has 2 aliphatic rings. The van der Waals surface area contributed by atoms with E-state index in [0.29, 0.717) is 11.7 Å². The maximum atomic E-state index is 11.3. The van der Waals surface area contributed by atoms with Gasteiger partial charge >= 0.3 is 0 Å². The lowest BCUT2D eigenvalue weighted by molar-refractivity contribution is -0.123. The molecule has 2 aliphatic carbocycles. The fourth-order valence-corrected chi connectivity index (χ4v) is 2.85. The molecule has 0 radical (unpaired) electrons. The minimum atomic E-state index is -0.347. The molecule has 0 bridgehead atoms. The molecule has 0 aromatic heterocycles. The number of hydrogen-bond donors (Lipinski definition) is 1. The van der Waals surface area contributed by atoms with Gasteiger partial charge in [0, 0.05) is 12.8 Å². The largest absolute Gasteiger partial charge is 0.390 e. The molecule has 0 aliphatic heterocycles. The second kappa shape index (κ2) is 4.01. The molecule has 0 spiro atoms. The van der Waals surface area contributed by atoms with Crippen molar-refractivity contribution in [3.05, 3.63) is 0 Å². The predicted octanol–water partition coefficient (Wildman–Crippen LogP) is 2.44. The molecule has 0 saturated heterocycles. The zero-order chi connectivity index (χ0) is 10.0. The number of Topliss-reactive ketones (excluding diaryl/α,β-unsaturated/α-hetero) is 1. The number of hydrogen-bond acceptors (Lipinski definition) is 2. The van der Waals surface area contributed by atoms with Crippen molar-refractivity contribution < 1.29 is 9.90 Å². The van der Waals surface area contributed by atoms with Gasteiger partial charge in [0.2, 0.25) is 0 Å². The van der Waals surface area contributed by atoms with Crippen molar-refractivity contribution in [2.24, 2.45) is 5.92 Å². The van der Waals surface area contributed by atoms with Crippen LogP contribution in [0.2, 0.25) is 0 Å². The number of rotatable bonds is 0. The predicted molar refractivity (Wildman–Crippen MR) is 55.0 cm³/mol. The standard InChI is InChI=1S/C12H20O2/c13-11-5-1-2-8-12(14)9-7-10(12)4-3-6-11/h10,14H,1-9H2/t10-,12+/m1/s1. The van der Waals surface area contributed by atoms with E-state index >= 15 is 0 Å². The molecule has 0 amide bonds. The maximum Gasteiger partial charge on any atom is 0.132 e. The molecule has 1 N–H and O–H groups in total. The van der Waals surface area contributed by atoms with Gasteiger partial charge in [-0.05, 0) is 44.4 Å². The molecular formula is C12H20O2. The van der Waals surface area contributed by atoms with E-state index in [0.717, 1.165) is 51.4 Å². The lowest BCUT2D eigenvalue weighted by Gasteiger charge is -2.46. The SMILES string of the molecule is O=C1CCCC[C@]2(O)CC[C@H]2CCC1. The Kier molecular flexibility index (Phi) is 2.91. The van der Waals surface area contributed by atoms with Gasteiger partial charge in [-0.2, -0.15) is 0 Å². The van der Waals surface area contributed by atoms with E-state index in [1.807, 2.05) is 0 Å². The van der Waals surface area contributed by atoms with Crippen LogP contribution in [0, 0.1) is 5.92 Å². The second-order valence-corrected chi connectivity index (χ2v) is 4.98. The van der Waals surface area contributed by atoms with Gasteiger partial charge in [0.05, 0.1) is 5.60 Å². The Balaban J connectivity index is 1.91. The minimum Gasteiger partial charge on any atom is -0.390 e. The molecule has 2 saturated carbocycles. The van der Waals surface area contributed by atoms with Crippen molar-refractivity contribution in [3.63, 3.8) is 0 Å². The Morgan fingerprint density at radius 2 is 1.86 bits per heavy atom. The van der Waals surface area contributed by atoms with E-state index in [4.69, 9.17) is 0 Å². The highest BCUT2D eigenvalue weighted by molar-refractivity contribution is 5.78. The molecule has 2 rings (SSSR count). The third-order valence-corrected chi connectivity index (χ3v) is 4.01. The number of fused-ring (bicyclic) bond motifs is 1. The third kappa shape index (κ3) is 2.00. The van der Waals surface area contributed by atoms with Gasteiger partial charge in [-0.3, -0.25) is 4.79 Å². The molecular weight excluding hydrogens is 176 g/mol. The summed E-state index contributed by atoms with van der Waals surface area (Å²) in [5.74, 6) is 0.920. The van der Waals surface area contributed by atoms with Crippen LogP contribution in [-0.4, -0.2) is 16.5 Å². The first-order chi connectivity index (χ1) is 6.71. The summed E-state index contributed by atoms with van der Waals surface area (Å²) in [7, 11) is 0. The van der Waals surface area contributed by atoms with Crippen molar-refractivity contribution in [2.75, 3.05) is 0 Å². The highest BCUT2D eigenvalue weighted by Crippen LogP contribution is 2.45. The Morgan fingerprint density at radius 1 is 1.07 bits per heavy atom. The molecule has 80 valence electrons. The molecule has 0 unspecified atom stereocenters. The molecule has 0 aromatic rings. The van der Waals surface area contributed by atoms with Gasteiger partial charge in [-0.15, -0.1) is 0 Å². The van der Waals surface area contributed by atoms with Gasteiger partial charge in [-0.25, -0.2) is 0 Å². The minimum absolute atomic E-state index is 0.347. The van der Waals surface area contributed by atoms with Crippen molar-refractivity contribution >= 4 is 5.78 Å². The first-order valence-electron chi connectivity index (χ1n) is 5.95. The van der Waals surface area contributed by atoms with Gasteiger partial charge in [0.25, 0.3) is 0 Å².